The van der Waals surface area contributed by atoms with Gasteiger partial charge in [-0.05, 0) is 110 Å². The molecule has 0 spiro atoms. The van der Waals surface area contributed by atoms with E-state index in [1.54, 1.807) is 36.4 Å². The summed E-state index contributed by atoms with van der Waals surface area (Å²) in [6.45, 7) is 0.785. The van der Waals surface area contributed by atoms with Gasteiger partial charge in [-0.2, -0.15) is 0 Å². The van der Waals surface area contributed by atoms with E-state index < -0.39 is 11.3 Å². The molecule has 282 valence electrons. The Labute approximate surface area is 335 Å². The van der Waals surface area contributed by atoms with E-state index in [0.29, 0.717) is 49.8 Å². The topological polar surface area (TPSA) is 114 Å². The summed E-state index contributed by atoms with van der Waals surface area (Å²) < 4.78 is 5.98. The summed E-state index contributed by atoms with van der Waals surface area (Å²) in [5.41, 5.74) is 8.63. The first kappa shape index (κ1) is 38.5. The molecule has 8 rings (SSSR count). The molecule has 3 aliphatic heterocycles. The Hall–Kier alpha value is -3.79. The van der Waals surface area contributed by atoms with Gasteiger partial charge in [0.05, 0.1) is 17.9 Å². The highest BCUT2D eigenvalue weighted by Gasteiger charge is 2.42. The number of carbonyl (C=O) groups is 3. The first-order valence-electron chi connectivity index (χ1n) is 18.4. The molecular formula is C42H42Cl4N4O4. The molecule has 4 aromatic carbocycles. The average Bonchev–Trinajstić information content (AvgIpc) is 3.74. The lowest BCUT2D eigenvalue weighted by molar-refractivity contribution is -0.127. The van der Waals surface area contributed by atoms with Crippen molar-refractivity contribution in [1.82, 2.24) is 15.5 Å². The highest BCUT2D eigenvalue weighted by molar-refractivity contribution is 6.31. The fourth-order valence-electron chi connectivity index (χ4n) is 8.67. The molecule has 3 amide bonds. The smallest absolute Gasteiger partial charge is 0.239 e. The quantitative estimate of drug-likeness (QED) is 0.165. The first-order chi connectivity index (χ1) is 26.0. The zero-order valence-electron chi connectivity index (χ0n) is 29.6. The van der Waals surface area contributed by atoms with Gasteiger partial charge in [-0.3, -0.25) is 19.3 Å². The van der Waals surface area contributed by atoms with E-state index in [9.17, 15) is 14.4 Å². The van der Waals surface area contributed by atoms with Crippen LogP contribution in [0.15, 0.2) is 84.9 Å². The zero-order chi connectivity index (χ0) is 38.0. The molecule has 12 heteroatoms. The molecule has 0 radical (unpaired) electrons. The molecule has 1 saturated carbocycles. The van der Waals surface area contributed by atoms with Crippen LogP contribution in [-0.2, 0) is 26.3 Å². The van der Waals surface area contributed by atoms with Crippen LogP contribution in [0.5, 0.6) is 11.5 Å². The molecule has 4 N–H and O–H groups in total. The van der Waals surface area contributed by atoms with Gasteiger partial charge >= 0.3 is 0 Å². The summed E-state index contributed by atoms with van der Waals surface area (Å²) in [7, 11) is 0. The number of amides is 3. The van der Waals surface area contributed by atoms with Crippen molar-refractivity contribution in [2.45, 2.75) is 87.4 Å². The van der Waals surface area contributed by atoms with Gasteiger partial charge in [0.25, 0.3) is 0 Å². The number of nitrogens with two attached hydrogens (primary N) is 1. The largest absolute Gasteiger partial charge is 0.457 e. The van der Waals surface area contributed by atoms with Gasteiger partial charge in [-0.15, -0.1) is 0 Å². The molecule has 1 aliphatic carbocycles. The fourth-order valence-corrected chi connectivity index (χ4v) is 9.28. The number of benzene rings is 4. The van der Waals surface area contributed by atoms with Gasteiger partial charge in [0, 0.05) is 55.9 Å². The minimum absolute atomic E-state index is 0.0931. The van der Waals surface area contributed by atoms with Crippen molar-refractivity contribution in [3.8, 4) is 11.5 Å². The predicted molar refractivity (Wildman–Crippen MR) is 214 cm³/mol. The van der Waals surface area contributed by atoms with Crippen molar-refractivity contribution in [1.29, 1.82) is 0 Å². The summed E-state index contributed by atoms with van der Waals surface area (Å²) in [4.78, 5) is 40.5. The third-order valence-electron chi connectivity index (χ3n) is 11.3. The molecule has 8 nitrogen and oxygen atoms in total. The van der Waals surface area contributed by atoms with Crippen LogP contribution < -0.4 is 21.1 Å². The number of rotatable bonds is 8. The van der Waals surface area contributed by atoms with Gasteiger partial charge in [-0.1, -0.05) is 83.5 Å². The van der Waals surface area contributed by atoms with Gasteiger partial charge in [-0.25, -0.2) is 0 Å². The molecule has 3 fully saturated rings. The normalized spacial score (nSPS) is 21.1. The number of hydrogen-bond donors (Lipinski definition) is 3. The van der Waals surface area contributed by atoms with E-state index in [2.05, 4.69) is 27.7 Å². The maximum atomic E-state index is 13.4. The third kappa shape index (κ3) is 8.38. The third-order valence-corrected chi connectivity index (χ3v) is 12.3. The molecule has 54 heavy (non-hydrogen) atoms. The van der Waals surface area contributed by atoms with Crippen molar-refractivity contribution >= 4 is 64.1 Å². The second-order valence-electron chi connectivity index (χ2n) is 14.7. The summed E-state index contributed by atoms with van der Waals surface area (Å²) in [6.07, 6.45) is 7.96. The van der Waals surface area contributed by atoms with Crippen molar-refractivity contribution < 1.29 is 19.1 Å². The summed E-state index contributed by atoms with van der Waals surface area (Å²) in [5, 5.41) is 8.42. The van der Waals surface area contributed by atoms with Crippen molar-refractivity contribution in [3.63, 3.8) is 0 Å². The van der Waals surface area contributed by atoms with Crippen LogP contribution in [0.3, 0.4) is 0 Å². The fraction of sp³-hybridized carbons (Fsp3) is 0.357. The second-order valence-corrected chi connectivity index (χ2v) is 16.4. The van der Waals surface area contributed by atoms with Crippen molar-refractivity contribution in [2.24, 2.45) is 5.73 Å². The number of carbonyl (C=O) groups excluding carboxylic acids is 3. The molecule has 3 heterocycles. The van der Waals surface area contributed by atoms with Crippen LogP contribution in [0.4, 0.5) is 0 Å². The van der Waals surface area contributed by atoms with Gasteiger partial charge < -0.3 is 21.1 Å². The Morgan fingerprint density at radius 3 is 1.80 bits per heavy atom. The van der Waals surface area contributed by atoms with E-state index in [-0.39, 0.29) is 30.3 Å². The van der Waals surface area contributed by atoms with Crippen LogP contribution in [-0.4, -0.2) is 47.3 Å². The lowest BCUT2D eigenvalue weighted by Crippen LogP contribution is -2.51. The second kappa shape index (κ2) is 16.5. The predicted octanol–water partition coefficient (Wildman–Crippen LogP) is 8.95. The number of nitrogens with one attached hydrogen (secondary N) is 2. The Balaban J connectivity index is 0.000000251. The van der Waals surface area contributed by atoms with E-state index in [1.165, 1.54) is 5.56 Å². The Bertz CT molecular complexity index is 1950. The Morgan fingerprint density at radius 2 is 1.26 bits per heavy atom. The zero-order valence-corrected chi connectivity index (χ0v) is 32.7. The number of nitrogens with zero attached hydrogens (tertiary/aromatic N) is 1. The van der Waals surface area contributed by atoms with Crippen LogP contribution in [0.2, 0.25) is 20.1 Å². The van der Waals surface area contributed by atoms with Gasteiger partial charge in [0.2, 0.25) is 17.7 Å². The lowest BCUT2D eigenvalue weighted by Gasteiger charge is -2.39. The maximum absolute atomic E-state index is 13.4. The molecule has 1 unspecified atom stereocenters. The number of hydrogen-bond acceptors (Lipinski definition) is 5. The first-order valence-corrected chi connectivity index (χ1v) is 19.9. The van der Waals surface area contributed by atoms with Crippen LogP contribution in [0.1, 0.15) is 79.5 Å². The number of halogens is 4. The minimum Gasteiger partial charge on any atom is -0.457 e. The lowest BCUT2D eigenvalue weighted by atomic mass is 9.78. The van der Waals surface area contributed by atoms with Crippen LogP contribution >= 0.6 is 46.4 Å². The monoisotopic (exact) mass is 806 g/mol. The summed E-state index contributed by atoms with van der Waals surface area (Å²) >= 11 is 24.4. The number of fused-ring (bicyclic) bond motifs is 4. The number of piperidine rings is 1. The molecule has 4 aliphatic rings. The average molecular weight is 809 g/mol. The SMILES string of the molecule is NC(=O)C1(c2ccc(Cl)cc2)CCCC1.O=C(CNC(=O)C1c2cc(Cl)ccc2Oc2ccc(Cl)cc21)NC1C[C@H]2CC[C@@H](C1)N2Cc1ccc(Cl)cc1. The summed E-state index contributed by atoms with van der Waals surface area (Å²) in [5.74, 6) is -0.288. The van der Waals surface area contributed by atoms with E-state index in [4.69, 9.17) is 56.9 Å². The Kier molecular flexibility index (Phi) is 11.8. The molecule has 0 aromatic heterocycles. The number of ether oxygens (including phenoxy) is 1. The summed E-state index contributed by atoms with van der Waals surface area (Å²) in [6, 6.07) is 26.8. The van der Waals surface area contributed by atoms with Crippen LogP contribution in [0.25, 0.3) is 0 Å². The van der Waals surface area contributed by atoms with Crippen molar-refractivity contribution in [2.75, 3.05) is 6.54 Å². The highest BCUT2D eigenvalue weighted by Crippen LogP contribution is 2.46. The van der Waals surface area contributed by atoms with Crippen molar-refractivity contribution in [3.05, 3.63) is 127 Å². The standard InChI is InChI=1S/C30H28Cl3N3O3.C12H14ClNO/c31-18-3-1-17(2-4-18)16-36-22-7-8-23(36)14-21(13-22)35-28(37)15-34-30(38)29-24-11-19(32)5-9-26(24)39-27-10-6-20(33)12-25(27)29;13-10-5-3-9(4-6-10)12(11(14)15)7-1-2-8-12/h1-6,9-12,21-23,29H,7-8,13-16H2,(H,34,38)(H,35,37);3-6H,1-2,7-8H2,(H2,14,15)/t21?,22-,23+;. The maximum Gasteiger partial charge on any atom is 0.239 e. The molecular weight excluding hydrogens is 766 g/mol. The molecule has 2 bridgehead atoms. The highest BCUT2D eigenvalue weighted by atomic mass is 35.5. The van der Waals surface area contributed by atoms with Gasteiger partial charge in [0.15, 0.2) is 0 Å². The molecule has 3 atom stereocenters. The van der Waals surface area contributed by atoms with E-state index in [1.807, 2.05) is 36.4 Å². The van der Waals surface area contributed by atoms with E-state index in [0.717, 1.165) is 68.5 Å². The molecule has 2 saturated heterocycles. The number of primary amides is 1. The van der Waals surface area contributed by atoms with Gasteiger partial charge in [0.1, 0.15) is 11.5 Å². The van der Waals surface area contributed by atoms with E-state index >= 15 is 0 Å². The molecule has 4 aromatic rings. The minimum atomic E-state index is -0.694. The van der Waals surface area contributed by atoms with Crippen LogP contribution in [0, 0.1) is 0 Å². The Morgan fingerprint density at radius 1 is 0.741 bits per heavy atom.